The number of carbonyl (C=O) groups excluding carboxylic acids is 2. The van der Waals surface area contributed by atoms with Crippen LogP contribution < -0.4 is 10.6 Å². The molecule has 2 aromatic rings. The number of carbonyl (C=O) groups is 2. The van der Waals surface area contributed by atoms with Gasteiger partial charge in [-0.3, -0.25) is 9.59 Å². The summed E-state index contributed by atoms with van der Waals surface area (Å²) < 4.78 is 30.4. The van der Waals surface area contributed by atoms with Crippen molar-refractivity contribution in [3.63, 3.8) is 0 Å². The molecule has 0 aliphatic rings. The summed E-state index contributed by atoms with van der Waals surface area (Å²) in [6.07, 6.45) is 0. The van der Waals surface area contributed by atoms with Crippen molar-refractivity contribution in [3.8, 4) is 0 Å². The zero-order valence-electron chi connectivity index (χ0n) is 12.0. The maximum absolute atomic E-state index is 12.7. The molecular formula is C16H14F2N2O3. The molecule has 0 spiro atoms. The molecule has 0 aliphatic carbocycles. The molecule has 0 saturated heterocycles. The summed E-state index contributed by atoms with van der Waals surface area (Å²) in [5, 5.41) is 4.99. The van der Waals surface area contributed by atoms with Crippen LogP contribution in [-0.4, -0.2) is 25.0 Å². The Balaban J connectivity index is 1.69. The first-order valence-corrected chi connectivity index (χ1v) is 6.71. The Labute approximate surface area is 131 Å². The third-order valence-electron chi connectivity index (χ3n) is 2.72. The lowest BCUT2D eigenvalue weighted by atomic mass is 10.3. The minimum Gasteiger partial charge on any atom is -0.362 e. The molecule has 2 aromatic carbocycles. The van der Waals surface area contributed by atoms with Gasteiger partial charge in [-0.1, -0.05) is 0 Å². The summed E-state index contributed by atoms with van der Waals surface area (Å²) in [4.78, 5) is 23.1. The molecule has 2 amide bonds. The van der Waals surface area contributed by atoms with E-state index in [0.29, 0.717) is 11.4 Å². The third kappa shape index (κ3) is 5.84. The maximum Gasteiger partial charge on any atom is 0.250 e. The number of anilines is 2. The van der Waals surface area contributed by atoms with E-state index in [4.69, 9.17) is 4.74 Å². The summed E-state index contributed by atoms with van der Waals surface area (Å²) in [5.41, 5.74) is 0.853. The molecule has 0 atom stereocenters. The van der Waals surface area contributed by atoms with E-state index in [-0.39, 0.29) is 13.2 Å². The number of hydrogen-bond acceptors (Lipinski definition) is 3. The standard InChI is InChI=1S/C16H14F2N2O3/c17-11-1-5-13(6-2-11)19-15(21)9-23-10-16(22)20-14-7-3-12(18)4-8-14/h1-8H,9-10H2,(H,19,21)(H,20,22). The van der Waals surface area contributed by atoms with Crippen LogP contribution in [0.5, 0.6) is 0 Å². The van der Waals surface area contributed by atoms with Crippen LogP contribution in [0.4, 0.5) is 20.2 Å². The first-order chi connectivity index (χ1) is 11.0. The summed E-state index contributed by atoms with van der Waals surface area (Å²) in [6, 6.07) is 10.5. The zero-order valence-corrected chi connectivity index (χ0v) is 12.0. The van der Waals surface area contributed by atoms with Gasteiger partial charge in [-0.05, 0) is 48.5 Å². The number of ether oxygens (including phenoxy) is 1. The molecule has 0 fully saturated rings. The van der Waals surface area contributed by atoms with Gasteiger partial charge in [-0.25, -0.2) is 8.78 Å². The molecule has 5 nitrogen and oxygen atoms in total. The molecule has 120 valence electrons. The SMILES string of the molecule is O=C(COCC(=O)Nc1ccc(F)cc1)Nc1ccc(F)cc1. The molecule has 0 unspecified atom stereocenters. The number of halogens is 2. The lowest BCUT2D eigenvalue weighted by Crippen LogP contribution is -2.23. The molecule has 0 heterocycles. The van der Waals surface area contributed by atoms with Crippen LogP contribution in [0.3, 0.4) is 0 Å². The van der Waals surface area contributed by atoms with Gasteiger partial charge in [0.05, 0.1) is 0 Å². The Morgan fingerprint density at radius 1 is 0.739 bits per heavy atom. The molecule has 0 aromatic heterocycles. The van der Waals surface area contributed by atoms with Crippen molar-refractivity contribution in [1.29, 1.82) is 0 Å². The maximum atomic E-state index is 12.7. The van der Waals surface area contributed by atoms with Crippen molar-refractivity contribution >= 4 is 23.2 Å². The lowest BCUT2D eigenvalue weighted by molar-refractivity contribution is -0.125. The van der Waals surface area contributed by atoms with Crippen molar-refractivity contribution in [2.45, 2.75) is 0 Å². The molecule has 2 rings (SSSR count). The number of amides is 2. The van der Waals surface area contributed by atoms with E-state index in [1.54, 1.807) is 0 Å². The molecule has 0 saturated carbocycles. The highest BCUT2D eigenvalue weighted by Gasteiger charge is 2.06. The Morgan fingerprint density at radius 2 is 1.09 bits per heavy atom. The minimum atomic E-state index is -0.466. The fourth-order valence-corrected chi connectivity index (χ4v) is 1.70. The number of rotatable bonds is 6. The van der Waals surface area contributed by atoms with Crippen molar-refractivity contribution in [1.82, 2.24) is 0 Å². The second-order valence-electron chi connectivity index (χ2n) is 4.60. The van der Waals surface area contributed by atoms with E-state index in [2.05, 4.69) is 10.6 Å². The monoisotopic (exact) mass is 320 g/mol. The van der Waals surface area contributed by atoms with Gasteiger partial charge < -0.3 is 15.4 Å². The van der Waals surface area contributed by atoms with Crippen molar-refractivity contribution in [2.24, 2.45) is 0 Å². The number of nitrogens with one attached hydrogen (secondary N) is 2. The number of benzene rings is 2. The van der Waals surface area contributed by atoms with Crippen LogP contribution in [0.1, 0.15) is 0 Å². The third-order valence-corrected chi connectivity index (χ3v) is 2.72. The van der Waals surface area contributed by atoms with E-state index in [1.165, 1.54) is 48.5 Å². The van der Waals surface area contributed by atoms with E-state index < -0.39 is 23.4 Å². The Kier molecular flexibility index (Phi) is 5.76. The summed E-state index contributed by atoms with van der Waals surface area (Å²) in [5.74, 6) is -1.74. The Hall–Kier alpha value is -2.80. The summed E-state index contributed by atoms with van der Waals surface area (Å²) >= 11 is 0. The van der Waals surface area contributed by atoms with Crippen LogP contribution in [0, 0.1) is 11.6 Å². The highest BCUT2D eigenvalue weighted by molar-refractivity contribution is 5.93. The van der Waals surface area contributed by atoms with Gasteiger partial charge in [0.15, 0.2) is 0 Å². The van der Waals surface area contributed by atoms with Gasteiger partial charge in [-0.2, -0.15) is 0 Å². The smallest absolute Gasteiger partial charge is 0.250 e. The molecule has 0 bridgehead atoms. The van der Waals surface area contributed by atoms with Crippen LogP contribution in [0.25, 0.3) is 0 Å². The minimum absolute atomic E-state index is 0.325. The molecule has 0 aliphatic heterocycles. The van der Waals surface area contributed by atoms with Crippen molar-refractivity contribution < 1.29 is 23.1 Å². The lowest BCUT2D eigenvalue weighted by Gasteiger charge is -2.07. The Morgan fingerprint density at radius 3 is 1.43 bits per heavy atom. The summed E-state index contributed by atoms with van der Waals surface area (Å²) in [7, 11) is 0. The van der Waals surface area contributed by atoms with Gasteiger partial charge >= 0.3 is 0 Å². The first kappa shape index (κ1) is 16.6. The number of hydrogen-bond donors (Lipinski definition) is 2. The zero-order chi connectivity index (χ0) is 16.7. The van der Waals surface area contributed by atoms with Gasteiger partial charge in [-0.15, -0.1) is 0 Å². The van der Waals surface area contributed by atoms with Gasteiger partial charge in [0.1, 0.15) is 24.8 Å². The molecule has 2 N–H and O–H groups in total. The van der Waals surface area contributed by atoms with Crippen molar-refractivity contribution in [2.75, 3.05) is 23.8 Å². The van der Waals surface area contributed by atoms with Crippen LogP contribution in [0.15, 0.2) is 48.5 Å². The van der Waals surface area contributed by atoms with E-state index >= 15 is 0 Å². The van der Waals surface area contributed by atoms with Crippen LogP contribution in [-0.2, 0) is 14.3 Å². The quantitative estimate of drug-likeness (QED) is 0.859. The Bertz CT molecular complexity index is 613. The molecule has 0 radical (unpaired) electrons. The van der Waals surface area contributed by atoms with Crippen LogP contribution >= 0.6 is 0 Å². The molecular weight excluding hydrogens is 306 g/mol. The highest BCUT2D eigenvalue weighted by atomic mass is 19.1. The summed E-state index contributed by atoms with van der Waals surface area (Å²) in [6.45, 7) is -0.650. The predicted molar refractivity (Wildman–Crippen MR) is 80.9 cm³/mol. The van der Waals surface area contributed by atoms with Gasteiger partial charge in [0, 0.05) is 11.4 Å². The first-order valence-electron chi connectivity index (χ1n) is 6.71. The van der Waals surface area contributed by atoms with Crippen molar-refractivity contribution in [3.05, 3.63) is 60.2 Å². The fraction of sp³-hybridized carbons (Fsp3) is 0.125. The van der Waals surface area contributed by atoms with E-state index in [0.717, 1.165) is 0 Å². The van der Waals surface area contributed by atoms with Crippen LogP contribution in [0.2, 0.25) is 0 Å². The average Bonchev–Trinajstić information content (AvgIpc) is 2.52. The molecule has 23 heavy (non-hydrogen) atoms. The predicted octanol–water partition coefficient (Wildman–Crippen LogP) is 2.56. The molecule has 7 heteroatoms. The van der Waals surface area contributed by atoms with Gasteiger partial charge in [0.2, 0.25) is 11.8 Å². The topological polar surface area (TPSA) is 67.4 Å². The second kappa shape index (κ2) is 8.00. The van der Waals surface area contributed by atoms with E-state index in [1.807, 2.05) is 0 Å². The largest absolute Gasteiger partial charge is 0.362 e. The highest BCUT2D eigenvalue weighted by Crippen LogP contribution is 2.09. The van der Waals surface area contributed by atoms with Gasteiger partial charge in [0.25, 0.3) is 0 Å². The fourth-order valence-electron chi connectivity index (χ4n) is 1.70. The second-order valence-corrected chi connectivity index (χ2v) is 4.60. The van der Waals surface area contributed by atoms with E-state index in [9.17, 15) is 18.4 Å². The average molecular weight is 320 g/mol. The normalized spacial score (nSPS) is 10.2.